The van der Waals surface area contributed by atoms with Gasteiger partial charge in [-0.25, -0.2) is 0 Å². The average molecular weight is 367 g/mol. The SMILES string of the molecule is Cl.Cl.Clc1ccccc1N1CCC(NC[C@H]2CCCN2)CC1. The summed E-state index contributed by atoms with van der Waals surface area (Å²) in [7, 11) is 0. The van der Waals surface area contributed by atoms with Crippen LogP contribution in [0.5, 0.6) is 0 Å². The third-order valence-corrected chi connectivity index (χ3v) is 4.82. The largest absolute Gasteiger partial charge is 0.370 e. The fraction of sp³-hybridized carbons (Fsp3) is 0.625. The molecule has 6 heteroatoms. The predicted octanol–water partition coefficient (Wildman–Crippen LogP) is 3.49. The number of rotatable bonds is 4. The molecule has 2 heterocycles. The van der Waals surface area contributed by atoms with Gasteiger partial charge in [-0.3, -0.25) is 0 Å². The molecule has 0 saturated carbocycles. The molecule has 3 rings (SSSR count). The molecule has 2 aliphatic heterocycles. The molecule has 1 aromatic rings. The molecular formula is C16H26Cl3N3. The summed E-state index contributed by atoms with van der Waals surface area (Å²) in [6.07, 6.45) is 5.07. The smallest absolute Gasteiger partial charge is 0.0639 e. The number of para-hydroxylation sites is 1. The minimum Gasteiger partial charge on any atom is -0.370 e. The molecule has 0 amide bonds. The monoisotopic (exact) mass is 365 g/mol. The van der Waals surface area contributed by atoms with Crippen LogP contribution in [-0.4, -0.2) is 38.3 Å². The Morgan fingerprint density at radius 1 is 1.14 bits per heavy atom. The number of halogens is 3. The number of nitrogens with zero attached hydrogens (tertiary/aromatic N) is 1. The first-order chi connectivity index (χ1) is 9.83. The zero-order valence-electron chi connectivity index (χ0n) is 12.8. The van der Waals surface area contributed by atoms with Crippen LogP contribution in [0, 0.1) is 0 Å². The molecule has 0 radical (unpaired) electrons. The van der Waals surface area contributed by atoms with Crippen LogP contribution in [0.2, 0.25) is 5.02 Å². The topological polar surface area (TPSA) is 27.3 Å². The van der Waals surface area contributed by atoms with Crippen molar-refractivity contribution in [2.24, 2.45) is 0 Å². The molecule has 0 aromatic heterocycles. The number of benzene rings is 1. The first-order valence-corrected chi connectivity index (χ1v) is 8.17. The second kappa shape index (κ2) is 9.84. The molecule has 0 bridgehead atoms. The lowest BCUT2D eigenvalue weighted by Crippen LogP contribution is -2.46. The van der Waals surface area contributed by atoms with E-state index in [-0.39, 0.29) is 24.8 Å². The maximum absolute atomic E-state index is 6.28. The van der Waals surface area contributed by atoms with Gasteiger partial charge in [0.1, 0.15) is 0 Å². The second-order valence-corrected chi connectivity index (χ2v) is 6.32. The first-order valence-electron chi connectivity index (χ1n) is 7.79. The van der Waals surface area contributed by atoms with Crippen molar-refractivity contribution in [1.29, 1.82) is 0 Å². The van der Waals surface area contributed by atoms with Crippen molar-refractivity contribution in [3.05, 3.63) is 29.3 Å². The van der Waals surface area contributed by atoms with Crippen molar-refractivity contribution in [1.82, 2.24) is 10.6 Å². The fourth-order valence-electron chi connectivity index (χ4n) is 3.27. The first kappa shape index (κ1) is 19.9. The number of piperidine rings is 1. The number of hydrogen-bond donors (Lipinski definition) is 2. The Labute approximate surface area is 151 Å². The van der Waals surface area contributed by atoms with Crippen molar-refractivity contribution >= 4 is 42.1 Å². The van der Waals surface area contributed by atoms with Gasteiger partial charge in [-0.1, -0.05) is 23.7 Å². The molecule has 2 aliphatic rings. The van der Waals surface area contributed by atoms with Gasteiger partial charge in [-0.2, -0.15) is 0 Å². The number of nitrogens with one attached hydrogen (secondary N) is 2. The van der Waals surface area contributed by atoms with Gasteiger partial charge in [0.25, 0.3) is 0 Å². The van der Waals surface area contributed by atoms with E-state index in [1.54, 1.807) is 0 Å². The van der Waals surface area contributed by atoms with E-state index < -0.39 is 0 Å². The van der Waals surface area contributed by atoms with E-state index in [9.17, 15) is 0 Å². The van der Waals surface area contributed by atoms with E-state index in [1.807, 2.05) is 12.1 Å². The molecule has 126 valence electrons. The van der Waals surface area contributed by atoms with Crippen LogP contribution in [0.1, 0.15) is 25.7 Å². The third kappa shape index (κ3) is 5.17. The van der Waals surface area contributed by atoms with Crippen LogP contribution in [0.4, 0.5) is 5.69 Å². The molecule has 2 fully saturated rings. The molecule has 3 nitrogen and oxygen atoms in total. The molecular weight excluding hydrogens is 341 g/mol. The molecule has 1 atom stereocenters. The lowest BCUT2D eigenvalue weighted by atomic mass is 10.0. The van der Waals surface area contributed by atoms with Crippen LogP contribution < -0.4 is 15.5 Å². The Hall–Kier alpha value is -0.190. The summed E-state index contributed by atoms with van der Waals surface area (Å²) in [5.74, 6) is 0. The molecule has 0 spiro atoms. The summed E-state index contributed by atoms with van der Waals surface area (Å²) in [5, 5.41) is 8.15. The van der Waals surface area contributed by atoms with Gasteiger partial charge in [0.2, 0.25) is 0 Å². The van der Waals surface area contributed by atoms with Crippen LogP contribution in [0.15, 0.2) is 24.3 Å². The maximum atomic E-state index is 6.28. The summed E-state index contributed by atoms with van der Waals surface area (Å²) >= 11 is 6.28. The molecule has 1 aromatic carbocycles. The summed E-state index contributed by atoms with van der Waals surface area (Å²) in [6, 6.07) is 9.52. The summed E-state index contributed by atoms with van der Waals surface area (Å²) < 4.78 is 0. The van der Waals surface area contributed by atoms with E-state index in [2.05, 4.69) is 27.7 Å². The van der Waals surface area contributed by atoms with Crippen molar-refractivity contribution in [2.45, 2.75) is 37.8 Å². The van der Waals surface area contributed by atoms with E-state index in [4.69, 9.17) is 11.6 Å². The zero-order chi connectivity index (χ0) is 13.8. The quantitative estimate of drug-likeness (QED) is 0.854. The van der Waals surface area contributed by atoms with Gasteiger partial charge in [-0.15, -0.1) is 24.8 Å². The highest BCUT2D eigenvalue weighted by Gasteiger charge is 2.22. The second-order valence-electron chi connectivity index (χ2n) is 5.91. The van der Waals surface area contributed by atoms with E-state index in [1.165, 1.54) is 37.9 Å². The number of anilines is 1. The molecule has 0 aliphatic carbocycles. The third-order valence-electron chi connectivity index (χ3n) is 4.50. The Kier molecular flexibility index (Phi) is 8.88. The Morgan fingerprint density at radius 2 is 1.86 bits per heavy atom. The Balaban J connectivity index is 0.00000121. The Morgan fingerprint density at radius 3 is 2.50 bits per heavy atom. The van der Waals surface area contributed by atoms with Gasteiger partial charge in [-0.05, 0) is 44.4 Å². The number of hydrogen-bond acceptors (Lipinski definition) is 3. The van der Waals surface area contributed by atoms with Crippen molar-refractivity contribution in [3.63, 3.8) is 0 Å². The highest BCUT2D eigenvalue weighted by Crippen LogP contribution is 2.27. The molecule has 2 saturated heterocycles. The minimum atomic E-state index is 0. The summed E-state index contributed by atoms with van der Waals surface area (Å²) in [6.45, 7) is 4.51. The van der Waals surface area contributed by atoms with Gasteiger partial charge >= 0.3 is 0 Å². The van der Waals surface area contributed by atoms with Gasteiger partial charge in [0.05, 0.1) is 10.7 Å². The highest BCUT2D eigenvalue weighted by atomic mass is 35.5. The highest BCUT2D eigenvalue weighted by molar-refractivity contribution is 6.33. The van der Waals surface area contributed by atoms with Crippen LogP contribution in [0.25, 0.3) is 0 Å². The summed E-state index contributed by atoms with van der Waals surface area (Å²) in [5.41, 5.74) is 1.19. The Bertz CT molecular complexity index is 430. The standard InChI is InChI=1S/C16H24ClN3.2ClH/c17-15-5-1-2-6-16(15)20-10-7-13(8-11-20)19-12-14-4-3-9-18-14;;/h1-2,5-6,13-14,18-19H,3-4,7-12H2;2*1H/t14-;;/m1../s1. The minimum absolute atomic E-state index is 0. The zero-order valence-corrected chi connectivity index (χ0v) is 15.2. The predicted molar refractivity (Wildman–Crippen MR) is 100 cm³/mol. The normalized spacial score (nSPS) is 22.0. The van der Waals surface area contributed by atoms with Crippen LogP contribution in [0.3, 0.4) is 0 Å². The van der Waals surface area contributed by atoms with Crippen molar-refractivity contribution in [2.75, 3.05) is 31.1 Å². The average Bonchev–Trinajstić information content (AvgIpc) is 3.00. The molecule has 0 unspecified atom stereocenters. The van der Waals surface area contributed by atoms with E-state index in [0.29, 0.717) is 12.1 Å². The van der Waals surface area contributed by atoms with E-state index >= 15 is 0 Å². The van der Waals surface area contributed by atoms with Crippen molar-refractivity contribution in [3.8, 4) is 0 Å². The fourth-order valence-corrected chi connectivity index (χ4v) is 3.53. The van der Waals surface area contributed by atoms with Gasteiger partial charge in [0, 0.05) is 31.7 Å². The molecule has 2 N–H and O–H groups in total. The lowest BCUT2D eigenvalue weighted by molar-refractivity contribution is 0.393. The lowest BCUT2D eigenvalue weighted by Gasteiger charge is -2.35. The molecule has 22 heavy (non-hydrogen) atoms. The van der Waals surface area contributed by atoms with Gasteiger partial charge in [0.15, 0.2) is 0 Å². The van der Waals surface area contributed by atoms with Gasteiger partial charge < -0.3 is 15.5 Å². The van der Waals surface area contributed by atoms with Crippen LogP contribution >= 0.6 is 36.4 Å². The van der Waals surface area contributed by atoms with E-state index in [0.717, 1.165) is 24.7 Å². The van der Waals surface area contributed by atoms with Crippen LogP contribution in [-0.2, 0) is 0 Å². The summed E-state index contributed by atoms with van der Waals surface area (Å²) in [4.78, 5) is 2.41. The maximum Gasteiger partial charge on any atom is 0.0639 e. The van der Waals surface area contributed by atoms with Crippen molar-refractivity contribution < 1.29 is 0 Å².